The molecule has 16 heavy (non-hydrogen) atoms. The fraction of sp³-hybridized carbons (Fsp3) is 0.583. The molecule has 1 N–H and O–H groups in total. The summed E-state index contributed by atoms with van der Waals surface area (Å²) in [6.07, 6.45) is 10.0. The molecule has 1 aliphatic rings. The topological polar surface area (TPSA) is 23.8 Å². The summed E-state index contributed by atoms with van der Waals surface area (Å²) in [6, 6.07) is 0. The number of allylic oxidation sites excluding steroid dienone is 4. The third-order valence-electron chi connectivity index (χ3n) is 0.586. The standard InChI is InChI=1S/C5H5.C4H10N.C3H6.2ClH.Ti/c1-2-4-5-3-1;1-4(2,3)5;1-3-2;;;/h1-3H,4H2;5H,1-3H3;1-2H3;2*1H;/q2*-1;;;;+2. The van der Waals surface area contributed by atoms with Crippen LogP contribution in [-0.2, 0) is 20.0 Å². The van der Waals surface area contributed by atoms with Gasteiger partial charge in [-0.1, -0.05) is 20.8 Å². The van der Waals surface area contributed by atoms with Gasteiger partial charge in [0, 0.05) is 0 Å². The maximum absolute atomic E-state index is 6.94. The Balaban J connectivity index is -0.0000000641. The van der Waals surface area contributed by atoms with Crippen molar-refractivity contribution in [1.29, 1.82) is 0 Å². The number of halogens is 2. The van der Waals surface area contributed by atoms with Gasteiger partial charge in [-0.2, -0.15) is 6.08 Å². The molecule has 0 fully saturated rings. The third-order valence-corrected chi connectivity index (χ3v) is 0.586. The minimum absolute atomic E-state index is 0. The average Bonchev–Trinajstić information content (AvgIpc) is 2.32. The number of rotatable bonds is 0. The molecule has 0 atom stereocenters. The molecule has 0 aromatic rings. The van der Waals surface area contributed by atoms with Gasteiger partial charge in [-0.25, -0.2) is 12.2 Å². The summed E-state index contributed by atoms with van der Waals surface area (Å²) in [5.74, 6) is 0. The molecule has 94 valence electrons. The van der Waals surface area contributed by atoms with E-state index in [1.165, 1.54) is 3.81 Å². The van der Waals surface area contributed by atoms with Crippen molar-refractivity contribution in [3.63, 3.8) is 0 Å². The maximum atomic E-state index is 6.94. The molecule has 0 aromatic carbocycles. The van der Waals surface area contributed by atoms with Crippen LogP contribution in [0.25, 0.3) is 5.73 Å². The zero-order valence-corrected chi connectivity index (χ0v) is 14.0. The molecule has 1 aliphatic carbocycles. The van der Waals surface area contributed by atoms with Gasteiger partial charge < -0.3 is 5.73 Å². The fourth-order valence-corrected chi connectivity index (χ4v) is 0.340. The SMILES string of the molecule is CC(C)(C)[NH-].C[C](C)=[Ti+2].Cl.Cl.[C-]1=CC=CC1. The molecular weight excluding hydrogens is 277 g/mol. The molecule has 0 amide bonds. The van der Waals surface area contributed by atoms with Crippen LogP contribution in [0.5, 0.6) is 0 Å². The van der Waals surface area contributed by atoms with Gasteiger partial charge >= 0.3 is 37.6 Å². The molecule has 0 unspecified atom stereocenters. The monoisotopic (exact) mass is 299 g/mol. The summed E-state index contributed by atoms with van der Waals surface area (Å²) in [6.45, 7) is 9.73. The van der Waals surface area contributed by atoms with Crippen LogP contribution in [0.4, 0.5) is 0 Å². The normalized spacial score (nSPS) is 11.0. The first-order valence-electron chi connectivity index (χ1n) is 4.72. The van der Waals surface area contributed by atoms with Crippen LogP contribution in [0.3, 0.4) is 0 Å². The van der Waals surface area contributed by atoms with Crippen LogP contribution in [0.1, 0.15) is 41.0 Å². The Hall–Kier alpha value is 0.604. The van der Waals surface area contributed by atoms with Crippen LogP contribution in [0.15, 0.2) is 18.2 Å². The molecule has 0 saturated heterocycles. The molecule has 0 heterocycles. The number of hydrogen-bond donors (Lipinski definition) is 0. The Kier molecular flexibility index (Phi) is 24.8. The molecule has 0 saturated carbocycles. The van der Waals surface area contributed by atoms with Gasteiger partial charge in [-0.3, -0.25) is 6.08 Å². The van der Waals surface area contributed by atoms with E-state index in [2.05, 4.69) is 46.0 Å². The summed E-state index contributed by atoms with van der Waals surface area (Å²) in [7, 11) is 0. The Morgan fingerprint density at radius 1 is 1.25 bits per heavy atom. The zero-order valence-electron chi connectivity index (χ0n) is 10.8. The average molecular weight is 300 g/mol. The van der Waals surface area contributed by atoms with E-state index in [0.717, 1.165) is 6.42 Å². The largest absolute Gasteiger partial charge is 0.273 e. The van der Waals surface area contributed by atoms with Crippen LogP contribution in [-0.4, -0.2) is 9.35 Å². The second-order valence-electron chi connectivity index (χ2n) is 4.25. The second-order valence-corrected chi connectivity index (χ2v) is 5.81. The van der Waals surface area contributed by atoms with E-state index in [4.69, 9.17) is 5.73 Å². The van der Waals surface area contributed by atoms with Crippen molar-refractivity contribution >= 4 is 28.6 Å². The Labute approximate surface area is 125 Å². The number of nitrogens with one attached hydrogen (secondary N) is 1. The Bertz CT molecular complexity index is 186. The van der Waals surface area contributed by atoms with Gasteiger partial charge in [-0.05, 0) is 0 Å². The van der Waals surface area contributed by atoms with Gasteiger partial charge in [0.2, 0.25) is 0 Å². The predicted octanol–water partition coefficient (Wildman–Crippen LogP) is 4.73. The second kappa shape index (κ2) is 15.6. The van der Waals surface area contributed by atoms with E-state index in [-0.39, 0.29) is 30.4 Å². The molecule has 0 spiro atoms. The van der Waals surface area contributed by atoms with E-state index in [9.17, 15) is 0 Å². The van der Waals surface area contributed by atoms with E-state index >= 15 is 0 Å². The molecular formula is C12H23Cl2NTi. The maximum Gasteiger partial charge on any atom is -0.109 e. The predicted molar refractivity (Wildman–Crippen MR) is 76.5 cm³/mol. The molecule has 0 aromatic heterocycles. The quantitative estimate of drug-likeness (QED) is 0.456. The molecule has 4 heteroatoms. The van der Waals surface area contributed by atoms with Crippen molar-refractivity contribution in [2.75, 3.05) is 0 Å². The van der Waals surface area contributed by atoms with E-state index in [1.807, 2.05) is 32.9 Å². The first-order chi connectivity index (χ1) is 6.23. The van der Waals surface area contributed by atoms with Gasteiger partial charge in [-0.15, -0.1) is 36.8 Å². The van der Waals surface area contributed by atoms with Crippen LogP contribution in [0.2, 0.25) is 0 Å². The van der Waals surface area contributed by atoms with E-state index in [1.54, 1.807) is 0 Å². The summed E-state index contributed by atoms with van der Waals surface area (Å²) >= 11 is 2.08. The first kappa shape index (κ1) is 25.4. The fourth-order valence-electron chi connectivity index (χ4n) is 0.340. The summed E-state index contributed by atoms with van der Waals surface area (Å²) < 4.78 is 1.42. The van der Waals surface area contributed by atoms with Crippen LogP contribution < -0.4 is 0 Å². The summed E-state index contributed by atoms with van der Waals surface area (Å²) in [4.78, 5) is 0. The van der Waals surface area contributed by atoms with Gasteiger partial charge in [0.05, 0.1) is 0 Å². The number of hydrogen-bond acceptors (Lipinski definition) is 0. The summed E-state index contributed by atoms with van der Waals surface area (Å²) in [5.41, 5.74) is 6.69. The van der Waals surface area contributed by atoms with Crippen LogP contribution in [0, 0.1) is 6.08 Å². The Morgan fingerprint density at radius 3 is 1.62 bits per heavy atom. The molecule has 0 bridgehead atoms. The molecule has 0 radical (unpaired) electrons. The van der Waals surface area contributed by atoms with Gasteiger partial charge in [0.15, 0.2) is 0 Å². The van der Waals surface area contributed by atoms with Crippen molar-refractivity contribution in [3.8, 4) is 0 Å². The smallest absolute Gasteiger partial charge is 0.109 e. The van der Waals surface area contributed by atoms with Crippen molar-refractivity contribution in [3.05, 3.63) is 30.0 Å². The minimum atomic E-state index is -0.250. The van der Waals surface area contributed by atoms with Gasteiger partial charge in [0.25, 0.3) is 0 Å². The van der Waals surface area contributed by atoms with Crippen molar-refractivity contribution in [1.82, 2.24) is 0 Å². The van der Waals surface area contributed by atoms with E-state index < -0.39 is 0 Å². The van der Waals surface area contributed by atoms with Crippen LogP contribution >= 0.6 is 24.8 Å². The third kappa shape index (κ3) is 86.1. The van der Waals surface area contributed by atoms with Crippen molar-refractivity contribution < 1.29 is 20.0 Å². The summed E-state index contributed by atoms with van der Waals surface area (Å²) in [5, 5.41) is 0. The van der Waals surface area contributed by atoms with Gasteiger partial charge in [0.1, 0.15) is 0 Å². The van der Waals surface area contributed by atoms with Crippen molar-refractivity contribution in [2.24, 2.45) is 0 Å². The Morgan fingerprint density at radius 2 is 1.56 bits per heavy atom. The zero-order chi connectivity index (χ0) is 11.6. The van der Waals surface area contributed by atoms with E-state index in [0.29, 0.717) is 0 Å². The molecule has 1 rings (SSSR count). The first-order valence-corrected chi connectivity index (χ1v) is 5.50. The molecule has 0 aliphatic heterocycles. The molecule has 1 nitrogen and oxygen atoms in total. The minimum Gasteiger partial charge on any atom is -0.273 e. The van der Waals surface area contributed by atoms with Crippen molar-refractivity contribution in [2.45, 2.75) is 46.6 Å².